The first-order valence-corrected chi connectivity index (χ1v) is 14.4. The van der Waals surface area contributed by atoms with Gasteiger partial charge in [0.2, 0.25) is 11.8 Å². The third kappa shape index (κ3) is 7.98. The Hall–Kier alpha value is -2.63. The highest BCUT2D eigenvalue weighted by atomic mass is 16.8. The number of rotatable bonds is 13. The number of allylic oxidation sites excluding steroid dienone is 1. The topological polar surface area (TPSA) is 155 Å². The van der Waals surface area contributed by atoms with Gasteiger partial charge in [-0.25, -0.2) is 16.2 Å². The van der Waals surface area contributed by atoms with E-state index in [9.17, 15) is 14.4 Å². The Morgan fingerprint density at radius 3 is 2.33 bits per heavy atom. The molecule has 0 saturated carbocycles. The van der Waals surface area contributed by atoms with Crippen molar-refractivity contribution >= 4 is 23.7 Å². The first-order chi connectivity index (χ1) is 19.2. The van der Waals surface area contributed by atoms with Crippen molar-refractivity contribution in [3.63, 3.8) is 0 Å². The van der Waals surface area contributed by atoms with Gasteiger partial charge in [0, 0.05) is 26.2 Å². The fourth-order valence-electron chi connectivity index (χ4n) is 6.03. The van der Waals surface area contributed by atoms with Crippen LogP contribution in [0.1, 0.15) is 64.9 Å². The lowest BCUT2D eigenvalue weighted by Gasteiger charge is -2.47. The van der Waals surface area contributed by atoms with Crippen LogP contribution in [0.25, 0.3) is 6.08 Å². The second-order valence-electron chi connectivity index (χ2n) is 11.3. The molecule has 2 fully saturated rings. The van der Waals surface area contributed by atoms with Crippen LogP contribution in [0, 0.1) is 29.1 Å². The minimum atomic E-state index is -1.44. The van der Waals surface area contributed by atoms with E-state index in [0.29, 0.717) is 45.5 Å². The van der Waals surface area contributed by atoms with Crippen molar-refractivity contribution in [2.24, 2.45) is 40.7 Å². The predicted octanol–water partition coefficient (Wildman–Crippen LogP) is 2.87. The van der Waals surface area contributed by atoms with E-state index in [2.05, 4.69) is 10.9 Å². The smallest absolute Gasteiger partial charge is 0.248 e. The van der Waals surface area contributed by atoms with Gasteiger partial charge >= 0.3 is 0 Å². The fraction of sp³-hybridized carbons (Fsp3) is 0.633. The van der Waals surface area contributed by atoms with Crippen LogP contribution in [-0.2, 0) is 28.7 Å². The molecular formula is C30H46N4O6. The average molecular weight is 559 g/mol. The summed E-state index contributed by atoms with van der Waals surface area (Å²) in [6, 6.07) is 8.63. The molecule has 2 unspecified atom stereocenters. The third-order valence-electron chi connectivity index (χ3n) is 7.92. The Kier molecular flexibility index (Phi) is 12.3. The van der Waals surface area contributed by atoms with Crippen LogP contribution in [0.3, 0.4) is 0 Å². The molecule has 0 radical (unpaired) electrons. The molecule has 2 amide bonds. The normalized spacial score (nSPS) is 22.3. The van der Waals surface area contributed by atoms with Crippen molar-refractivity contribution in [1.82, 2.24) is 10.9 Å². The summed E-state index contributed by atoms with van der Waals surface area (Å²) in [6.45, 7) is 6.93. The summed E-state index contributed by atoms with van der Waals surface area (Å²) in [7, 11) is 0. The molecule has 10 heteroatoms. The standard InChI is InChI=1S/C30H46N4O6/c1-20(2)19-24(28(36)33-32)26(29(37)34-40-25-11-7-8-16-39-25)30(27(35)21(3)31,23-13-17-38-18-14-23)15-12-22-9-5-4-6-10-22/h4-6,9-10,12,15,20-21,23-26H,7-8,11,13-14,16-19,31-32H2,1-3H3,(H,33,36)(H,34,37)/b15-12+/t21-,24-,25?,26-,30?/m1/s1. The molecule has 0 aliphatic carbocycles. The molecule has 0 spiro atoms. The number of ketones is 1. The monoisotopic (exact) mass is 558 g/mol. The SMILES string of the molecule is CC(C)C[C@@H](C(=O)NN)[C@H](C(=O)NOC1CCCCO1)C(/C=C/c1ccccc1)(C(=O)[C@@H](C)N)C1CCOCC1. The van der Waals surface area contributed by atoms with Crippen molar-refractivity contribution in [3.05, 3.63) is 42.0 Å². The first-order valence-electron chi connectivity index (χ1n) is 14.4. The second kappa shape index (κ2) is 15.4. The highest BCUT2D eigenvalue weighted by molar-refractivity contribution is 5.99. The van der Waals surface area contributed by atoms with Crippen LogP contribution >= 0.6 is 0 Å². The summed E-state index contributed by atoms with van der Waals surface area (Å²) in [4.78, 5) is 47.8. The van der Waals surface area contributed by atoms with Gasteiger partial charge < -0.3 is 15.2 Å². The van der Waals surface area contributed by atoms with Gasteiger partial charge in [-0.15, -0.1) is 0 Å². The van der Waals surface area contributed by atoms with Gasteiger partial charge in [-0.2, -0.15) is 0 Å². The molecule has 2 aliphatic heterocycles. The van der Waals surface area contributed by atoms with Gasteiger partial charge in [-0.05, 0) is 56.4 Å². The van der Waals surface area contributed by atoms with Crippen LogP contribution in [0.4, 0.5) is 0 Å². The lowest BCUT2D eigenvalue weighted by molar-refractivity contribution is -0.205. The number of carbonyl (C=O) groups is 3. The molecule has 5 atom stereocenters. The largest absolute Gasteiger partial charge is 0.381 e. The summed E-state index contributed by atoms with van der Waals surface area (Å²) < 4.78 is 11.3. The van der Waals surface area contributed by atoms with Crippen LogP contribution in [0.5, 0.6) is 0 Å². The molecule has 0 bridgehead atoms. The van der Waals surface area contributed by atoms with Crippen molar-refractivity contribution in [1.29, 1.82) is 0 Å². The molecule has 1 aromatic rings. The number of hydrogen-bond acceptors (Lipinski definition) is 8. The van der Waals surface area contributed by atoms with E-state index in [1.54, 1.807) is 13.0 Å². The first kappa shape index (κ1) is 31.9. The molecule has 1 aromatic carbocycles. The zero-order valence-corrected chi connectivity index (χ0v) is 24.0. The number of nitrogens with two attached hydrogens (primary N) is 2. The molecule has 6 N–H and O–H groups in total. The summed E-state index contributed by atoms with van der Waals surface area (Å²) in [5.41, 5.74) is 10.6. The van der Waals surface area contributed by atoms with E-state index in [4.69, 9.17) is 25.9 Å². The summed E-state index contributed by atoms with van der Waals surface area (Å²) in [5.74, 6) is 1.85. The number of Topliss-reactive ketones (excluding diaryl/α,β-unsaturated/α-hetero) is 1. The molecule has 2 heterocycles. The van der Waals surface area contributed by atoms with Crippen molar-refractivity contribution < 1.29 is 28.7 Å². The Bertz CT molecular complexity index is 989. The van der Waals surface area contributed by atoms with Gasteiger partial charge in [0.1, 0.15) is 0 Å². The van der Waals surface area contributed by atoms with Gasteiger partial charge in [0.15, 0.2) is 12.1 Å². The maximum Gasteiger partial charge on any atom is 0.248 e. The van der Waals surface area contributed by atoms with Gasteiger partial charge in [0.25, 0.3) is 0 Å². The second-order valence-corrected chi connectivity index (χ2v) is 11.3. The van der Waals surface area contributed by atoms with Crippen LogP contribution in [-0.4, -0.2) is 49.8 Å². The minimum absolute atomic E-state index is 0.0242. The quantitative estimate of drug-likeness (QED) is 0.164. The lowest BCUT2D eigenvalue weighted by atomic mass is 9.56. The van der Waals surface area contributed by atoms with E-state index >= 15 is 0 Å². The molecular weight excluding hydrogens is 512 g/mol. The van der Waals surface area contributed by atoms with Gasteiger partial charge in [-0.1, -0.05) is 56.3 Å². The lowest BCUT2D eigenvalue weighted by Crippen LogP contribution is -2.59. The molecule has 0 aromatic heterocycles. The Balaban J connectivity index is 2.20. The zero-order chi connectivity index (χ0) is 29.1. The maximum absolute atomic E-state index is 14.4. The average Bonchev–Trinajstić information content (AvgIpc) is 2.97. The maximum atomic E-state index is 14.4. The summed E-state index contributed by atoms with van der Waals surface area (Å²) in [5, 5.41) is 0. The molecule has 40 heavy (non-hydrogen) atoms. The minimum Gasteiger partial charge on any atom is -0.381 e. The Morgan fingerprint density at radius 1 is 1.05 bits per heavy atom. The molecule has 2 saturated heterocycles. The fourth-order valence-corrected chi connectivity index (χ4v) is 6.03. The number of nitrogens with one attached hydrogen (secondary N) is 2. The number of benzene rings is 1. The van der Waals surface area contributed by atoms with E-state index in [0.717, 1.165) is 18.4 Å². The van der Waals surface area contributed by atoms with E-state index in [-0.39, 0.29) is 17.6 Å². The zero-order valence-electron chi connectivity index (χ0n) is 24.0. The van der Waals surface area contributed by atoms with Gasteiger partial charge in [0.05, 0.1) is 23.3 Å². The highest BCUT2D eigenvalue weighted by Crippen LogP contribution is 2.49. The Morgan fingerprint density at radius 2 is 1.75 bits per heavy atom. The number of carbonyl (C=O) groups excluding carboxylic acids is 3. The number of hydrogen-bond donors (Lipinski definition) is 4. The summed E-state index contributed by atoms with van der Waals surface area (Å²) >= 11 is 0. The number of amides is 2. The third-order valence-corrected chi connectivity index (χ3v) is 7.92. The molecule has 10 nitrogen and oxygen atoms in total. The number of hydrazine groups is 1. The molecule has 222 valence electrons. The van der Waals surface area contributed by atoms with E-state index < -0.39 is 41.4 Å². The van der Waals surface area contributed by atoms with E-state index in [1.165, 1.54) is 0 Å². The summed E-state index contributed by atoms with van der Waals surface area (Å²) in [6.07, 6.45) is 6.84. The highest BCUT2D eigenvalue weighted by Gasteiger charge is 2.57. The van der Waals surface area contributed by atoms with Crippen LogP contribution in [0.2, 0.25) is 0 Å². The molecule has 3 rings (SSSR count). The van der Waals surface area contributed by atoms with Crippen LogP contribution < -0.4 is 22.5 Å². The Labute approximate surface area is 237 Å². The molecule has 2 aliphatic rings. The van der Waals surface area contributed by atoms with Crippen molar-refractivity contribution in [2.45, 2.75) is 71.6 Å². The van der Waals surface area contributed by atoms with E-state index in [1.807, 2.05) is 50.3 Å². The number of hydroxylamine groups is 1. The van der Waals surface area contributed by atoms with Crippen molar-refractivity contribution in [3.8, 4) is 0 Å². The van der Waals surface area contributed by atoms with Crippen LogP contribution in [0.15, 0.2) is 36.4 Å². The predicted molar refractivity (Wildman–Crippen MR) is 152 cm³/mol. The number of ether oxygens (including phenoxy) is 2. The van der Waals surface area contributed by atoms with Gasteiger partial charge in [-0.3, -0.25) is 19.8 Å². The van der Waals surface area contributed by atoms with Crippen molar-refractivity contribution in [2.75, 3.05) is 19.8 Å².